The van der Waals surface area contributed by atoms with E-state index in [4.69, 9.17) is 14.6 Å². The molecule has 9 nitrogen and oxygen atoms in total. The number of carbonyl (C=O) groups excluding carboxylic acids is 2. The topological polar surface area (TPSA) is 99.6 Å². The van der Waals surface area contributed by atoms with E-state index in [0.29, 0.717) is 63.3 Å². The van der Waals surface area contributed by atoms with Crippen LogP contribution in [0.3, 0.4) is 0 Å². The van der Waals surface area contributed by atoms with Crippen molar-refractivity contribution >= 4 is 23.8 Å². The monoisotopic (exact) mass is 477 g/mol. The smallest absolute Gasteiger partial charge is 0.410 e. The Kier molecular flexibility index (Phi) is 6.60. The van der Waals surface area contributed by atoms with Gasteiger partial charge < -0.3 is 24.4 Å². The third-order valence-corrected chi connectivity index (χ3v) is 6.50. The van der Waals surface area contributed by atoms with Gasteiger partial charge in [0.1, 0.15) is 17.2 Å². The minimum Gasteiger partial charge on any atom is -0.490 e. The van der Waals surface area contributed by atoms with E-state index in [1.165, 1.54) is 17.0 Å². The largest absolute Gasteiger partial charge is 0.490 e. The molecule has 1 N–H and O–H groups in total. The number of anilines is 1. The minimum atomic E-state index is -0.791. The molecule has 2 heterocycles. The molecule has 0 spiro atoms. The van der Waals surface area contributed by atoms with Gasteiger partial charge in [0, 0.05) is 38.3 Å². The number of aliphatic carboxylic acids is 1. The molecule has 0 bridgehead atoms. The molecule has 34 heavy (non-hydrogen) atoms. The Labute approximate surface area is 198 Å². The number of carboxylic acid groups (broad SMARTS) is 1. The van der Waals surface area contributed by atoms with E-state index in [9.17, 15) is 18.8 Å². The van der Waals surface area contributed by atoms with Crippen molar-refractivity contribution in [3.63, 3.8) is 0 Å². The standard InChI is InChI=1S/C24H32FN3O6/c1-24(2,3)34-23(32)26-8-9-27-18(13-26)14-28(22(27)31)17-10-16(25)11-20(12-17)33-19-6-4-15(5-7-19)21(29)30/h10-12,15,18-19H,4-9,13-14H2,1-3H3,(H,29,30)/t15?,18-,19?/m0/s1. The molecule has 186 valence electrons. The van der Waals surface area contributed by atoms with Gasteiger partial charge in [-0.15, -0.1) is 0 Å². The number of halogens is 1. The molecule has 1 aliphatic carbocycles. The van der Waals surface area contributed by atoms with Crippen LogP contribution < -0.4 is 9.64 Å². The minimum absolute atomic E-state index is 0.187. The van der Waals surface area contributed by atoms with Crippen LogP contribution in [0.1, 0.15) is 46.5 Å². The van der Waals surface area contributed by atoms with E-state index in [2.05, 4.69) is 0 Å². The molecule has 1 aromatic rings. The number of hydrogen-bond acceptors (Lipinski definition) is 5. The van der Waals surface area contributed by atoms with Crippen molar-refractivity contribution in [2.75, 3.05) is 31.1 Å². The molecular formula is C24H32FN3O6. The second-order valence-corrected chi connectivity index (χ2v) is 10.2. The molecule has 2 saturated heterocycles. The first-order chi connectivity index (χ1) is 16.0. The second-order valence-electron chi connectivity index (χ2n) is 10.2. The van der Waals surface area contributed by atoms with Gasteiger partial charge in [-0.25, -0.2) is 14.0 Å². The molecular weight excluding hydrogens is 445 g/mol. The number of rotatable bonds is 4. The van der Waals surface area contributed by atoms with Crippen LogP contribution in [0.5, 0.6) is 5.75 Å². The lowest BCUT2D eigenvalue weighted by Gasteiger charge is -2.36. The first-order valence-corrected chi connectivity index (χ1v) is 11.8. The van der Waals surface area contributed by atoms with Gasteiger partial charge in [0.05, 0.1) is 23.8 Å². The maximum absolute atomic E-state index is 14.4. The Morgan fingerprint density at radius 3 is 2.41 bits per heavy atom. The van der Waals surface area contributed by atoms with Crippen molar-refractivity contribution in [3.05, 3.63) is 24.0 Å². The summed E-state index contributed by atoms with van der Waals surface area (Å²) in [6, 6.07) is 3.79. The maximum atomic E-state index is 14.4. The predicted octanol–water partition coefficient (Wildman–Crippen LogP) is 3.71. The van der Waals surface area contributed by atoms with E-state index in [1.807, 2.05) is 20.8 Å². The highest BCUT2D eigenvalue weighted by Gasteiger charge is 2.43. The van der Waals surface area contributed by atoms with Gasteiger partial charge in [-0.2, -0.15) is 0 Å². The van der Waals surface area contributed by atoms with Gasteiger partial charge in [0.25, 0.3) is 0 Å². The fourth-order valence-corrected chi connectivity index (χ4v) is 4.81. The number of carbonyl (C=O) groups is 3. The lowest BCUT2D eigenvalue weighted by Crippen LogP contribution is -2.54. The highest BCUT2D eigenvalue weighted by atomic mass is 19.1. The van der Waals surface area contributed by atoms with Gasteiger partial charge in [-0.3, -0.25) is 9.69 Å². The number of amides is 3. The zero-order chi connectivity index (χ0) is 24.6. The average Bonchev–Trinajstić information content (AvgIpc) is 3.08. The van der Waals surface area contributed by atoms with E-state index in [1.54, 1.807) is 15.9 Å². The second kappa shape index (κ2) is 9.31. The van der Waals surface area contributed by atoms with Crippen molar-refractivity contribution in [2.45, 2.75) is 64.2 Å². The van der Waals surface area contributed by atoms with Crippen molar-refractivity contribution < 1.29 is 33.4 Å². The summed E-state index contributed by atoms with van der Waals surface area (Å²) in [4.78, 5) is 41.5. The van der Waals surface area contributed by atoms with E-state index in [0.717, 1.165) is 0 Å². The summed E-state index contributed by atoms with van der Waals surface area (Å²) in [5.41, 5.74) is -0.200. The molecule has 1 aromatic carbocycles. The Bertz CT molecular complexity index is 957. The number of carboxylic acids is 1. The Balaban J connectivity index is 1.42. The number of urea groups is 1. The predicted molar refractivity (Wildman–Crippen MR) is 121 cm³/mol. The Morgan fingerprint density at radius 1 is 1.06 bits per heavy atom. The zero-order valence-electron chi connectivity index (χ0n) is 19.8. The maximum Gasteiger partial charge on any atom is 0.410 e. The van der Waals surface area contributed by atoms with Gasteiger partial charge >= 0.3 is 18.1 Å². The van der Waals surface area contributed by atoms with Crippen LogP contribution in [0.15, 0.2) is 18.2 Å². The molecule has 0 unspecified atom stereocenters. The van der Waals surface area contributed by atoms with Crippen LogP contribution in [0.25, 0.3) is 0 Å². The van der Waals surface area contributed by atoms with Gasteiger partial charge in [-0.05, 0) is 52.5 Å². The van der Waals surface area contributed by atoms with Crippen molar-refractivity contribution in [2.24, 2.45) is 5.92 Å². The van der Waals surface area contributed by atoms with E-state index < -0.39 is 23.5 Å². The molecule has 3 amide bonds. The number of piperazine rings is 1. The van der Waals surface area contributed by atoms with Crippen LogP contribution >= 0.6 is 0 Å². The molecule has 3 aliphatic rings. The quantitative estimate of drug-likeness (QED) is 0.710. The Morgan fingerprint density at radius 2 is 1.76 bits per heavy atom. The molecule has 1 atom stereocenters. The summed E-state index contributed by atoms with van der Waals surface area (Å²) in [5.74, 6) is -1.34. The molecule has 1 saturated carbocycles. The number of ether oxygens (including phenoxy) is 2. The molecule has 0 aromatic heterocycles. The highest BCUT2D eigenvalue weighted by molar-refractivity contribution is 5.95. The lowest BCUT2D eigenvalue weighted by atomic mass is 9.87. The zero-order valence-corrected chi connectivity index (χ0v) is 19.8. The summed E-state index contributed by atoms with van der Waals surface area (Å²) in [5, 5.41) is 9.16. The van der Waals surface area contributed by atoms with Crippen LogP contribution in [-0.4, -0.2) is 76.9 Å². The van der Waals surface area contributed by atoms with Gasteiger partial charge in [0.15, 0.2) is 0 Å². The number of benzene rings is 1. The molecule has 4 rings (SSSR count). The summed E-state index contributed by atoms with van der Waals surface area (Å²) < 4.78 is 25.9. The third-order valence-electron chi connectivity index (χ3n) is 6.50. The molecule has 2 aliphatic heterocycles. The van der Waals surface area contributed by atoms with Crippen molar-refractivity contribution in [1.82, 2.24) is 9.80 Å². The summed E-state index contributed by atoms with van der Waals surface area (Å²) in [7, 11) is 0. The summed E-state index contributed by atoms with van der Waals surface area (Å²) in [6.45, 7) is 6.86. The normalized spacial score (nSPS) is 25.2. The summed E-state index contributed by atoms with van der Waals surface area (Å²) >= 11 is 0. The fourth-order valence-electron chi connectivity index (χ4n) is 4.81. The van der Waals surface area contributed by atoms with Crippen LogP contribution in [0, 0.1) is 11.7 Å². The van der Waals surface area contributed by atoms with Crippen molar-refractivity contribution in [1.29, 1.82) is 0 Å². The highest BCUT2D eigenvalue weighted by Crippen LogP contribution is 2.33. The SMILES string of the molecule is CC(C)(C)OC(=O)N1CCN2C(=O)N(c3cc(F)cc(OC4CCC(C(=O)O)CC4)c3)C[C@@H]2C1. The molecule has 10 heteroatoms. The molecule has 3 fully saturated rings. The fraction of sp³-hybridized carbons (Fsp3) is 0.625. The summed E-state index contributed by atoms with van der Waals surface area (Å²) in [6.07, 6.45) is 1.63. The van der Waals surface area contributed by atoms with E-state index in [-0.39, 0.29) is 24.1 Å². The van der Waals surface area contributed by atoms with Gasteiger partial charge in [0.2, 0.25) is 0 Å². The first kappa shape index (κ1) is 24.1. The lowest BCUT2D eigenvalue weighted by molar-refractivity contribution is -0.143. The van der Waals surface area contributed by atoms with Crippen LogP contribution in [-0.2, 0) is 9.53 Å². The number of hydrogen-bond donors (Lipinski definition) is 1. The number of fused-ring (bicyclic) bond motifs is 1. The van der Waals surface area contributed by atoms with E-state index >= 15 is 0 Å². The molecule has 0 radical (unpaired) electrons. The first-order valence-electron chi connectivity index (χ1n) is 11.8. The van der Waals surface area contributed by atoms with Crippen LogP contribution in [0.2, 0.25) is 0 Å². The van der Waals surface area contributed by atoms with Gasteiger partial charge in [-0.1, -0.05) is 0 Å². The number of nitrogens with zero attached hydrogens (tertiary/aromatic N) is 3. The third kappa shape index (κ3) is 5.37. The van der Waals surface area contributed by atoms with Crippen molar-refractivity contribution in [3.8, 4) is 5.75 Å². The average molecular weight is 478 g/mol. The Hall–Kier alpha value is -3.04. The van der Waals surface area contributed by atoms with Crippen LogP contribution in [0.4, 0.5) is 19.7 Å².